The summed E-state index contributed by atoms with van der Waals surface area (Å²) in [6.07, 6.45) is 0.571. The fraction of sp³-hybridized carbons (Fsp3) is 0.353. The van der Waals surface area contributed by atoms with Gasteiger partial charge in [-0.15, -0.1) is 11.3 Å². The van der Waals surface area contributed by atoms with Crippen LogP contribution in [0.1, 0.15) is 16.9 Å². The van der Waals surface area contributed by atoms with Gasteiger partial charge >= 0.3 is 0 Å². The predicted molar refractivity (Wildman–Crippen MR) is 88.1 cm³/mol. The summed E-state index contributed by atoms with van der Waals surface area (Å²) in [5, 5.41) is 11.0. The normalized spacial score (nSPS) is 10.5. The quantitative estimate of drug-likeness (QED) is 0.814. The maximum Gasteiger partial charge on any atom is 0.260 e. The largest absolute Gasteiger partial charge is 0.484 e. The average molecular weight is 319 g/mol. The zero-order valence-electron chi connectivity index (χ0n) is 12.7. The highest BCUT2D eigenvalue weighted by Gasteiger charge is 2.15. The van der Waals surface area contributed by atoms with Gasteiger partial charge in [0.2, 0.25) is 0 Å². The van der Waals surface area contributed by atoms with Crippen LogP contribution in [-0.4, -0.2) is 35.7 Å². The number of aliphatic hydroxyl groups is 1. The Balaban J connectivity index is 1.91. The second-order valence-corrected chi connectivity index (χ2v) is 6.11. The Morgan fingerprint density at radius 3 is 2.68 bits per heavy atom. The van der Waals surface area contributed by atoms with E-state index in [-0.39, 0.29) is 19.1 Å². The lowest BCUT2D eigenvalue weighted by Gasteiger charge is -2.22. The molecule has 22 heavy (non-hydrogen) atoms. The minimum atomic E-state index is -0.0672. The van der Waals surface area contributed by atoms with Gasteiger partial charge in [-0.05, 0) is 36.9 Å². The molecule has 0 aliphatic rings. The van der Waals surface area contributed by atoms with E-state index in [9.17, 15) is 4.79 Å². The number of rotatable bonds is 8. The molecular weight excluding hydrogens is 298 g/mol. The summed E-state index contributed by atoms with van der Waals surface area (Å²) >= 11 is 1.62. The molecule has 0 saturated carbocycles. The highest BCUT2D eigenvalue weighted by molar-refractivity contribution is 7.09. The molecule has 1 amide bonds. The summed E-state index contributed by atoms with van der Waals surface area (Å²) < 4.78 is 5.55. The van der Waals surface area contributed by atoms with Gasteiger partial charge in [-0.25, -0.2) is 0 Å². The molecule has 1 N–H and O–H groups in total. The summed E-state index contributed by atoms with van der Waals surface area (Å²) in [5.41, 5.74) is 1.15. The molecule has 1 aromatic heterocycles. The number of carbonyl (C=O) groups excluding carboxylic acids is 1. The van der Waals surface area contributed by atoms with E-state index in [0.717, 1.165) is 10.4 Å². The van der Waals surface area contributed by atoms with Crippen molar-refractivity contribution in [2.75, 3.05) is 19.8 Å². The Labute approximate surface area is 135 Å². The highest BCUT2D eigenvalue weighted by atomic mass is 32.1. The van der Waals surface area contributed by atoms with Crippen LogP contribution < -0.4 is 4.74 Å². The van der Waals surface area contributed by atoms with Crippen molar-refractivity contribution in [3.8, 4) is 5.75 Å². The lowest BCUT2D eigenvalue weighted by molar-refractivity contribution is -0.134. The van der Waals surface area contributed by atoms with E-state index >= 15 is 0 Å². The number of carbonyl (C=O) groups is 1. The Kier molecular flexibility index (Phi) is 6.43. The van der Waals surface area contributed by atoms with Crippen LogP contribution in [-0.2, 0) is 11.3 Å². The fourth-order valence-corrected chi connectivity index (χ4v) is 2.73. The lowest BCUT2D eigenvalue weighted by atomic mass is 10.2. The molecule has 1 aromatic carbocycles. The average Bonchev–Trinajstić information content (AvgIpc) is 3.03. The molecule has 0 saturated heterocycles. The monoisotopic (exact) mass is 319 g/mol. The van der Waals surface area contributed by atoms with Gasteiger partial charge in [0.25, 0.3) is 5.91 Å². The number of hydrogen-bond donors (Lipinski definition) is 1. The fourth-order valence-electron chi connectivity index (χ4n) is 2.02. The molecule has 2 rings (SSSR count). The van der Waals surface area contributed by atoms with Gasteiger partial charge in [0.15, 0.2) is 6.61 Å². The van der Waals surface area contributed by atoms with Gasteiger partial charge in [-0.2, -0.15) is 0 Å². The van der Waals surface area contributed by atoms with Crippen molar-refractivity contribution in [2.24, 2.45) is 0 Å². The van der Waals surface area contributed by atoms with Crippen LogP contribution in [0.4, 0.5) is 0 Å². The van der Waals surface area contributed by atoms with E-state index < -0.39 is 0 Å². The van der Waals surface area contributed by atoms with Crippen molar-refractivity contribution >= 4 is 17.2 Å². The first-order chi connectivity index (χ1) is 10.7. The second kappa shape index (κ2) is 8.56. The van der Waals surface area contributed by atoms with Crippen LogP contribution in [0.5, 0.6) is 5.75 Å². The Hall–Kier alpha value is -1.85. The maximum atomic E-state index is 12.3. The topological polar surface area (TPSA) is 49.8 Å². The molecule has 0 spiro atoms. The number of thiophene rings is 1. The maximum absolute atomic E-state index is 12.3. The highest BCUT2D eigenvalue weighted by Crippen LogP contribution is 2.14. The van der Waals surface area contributed by atoms with E-state index in [2.05, 4.69) is 0 Å². The van der Waals surface area contributed by atoms with Crippen molar-refractivity contribution < 1.29 is 14.6 Å². The summed E-state index contributed by atoms with van der Waals surface area (Å²) in [4.78, 5) is 15.2. The van der Waals surface area contributed by atoms with Crippen LogP contribution in [0.15, 0.2) is 41.8 Å². The minimum absolute atomic E-state index is 0.0138. The van der Waals surface area contributed by atoms with Crippen LogP contribution >= 0.6 is 11.3 Å². The summed E-state index contributed by atoms with van der Waals surface area (Å²) in [5.74, 6) is 0.625. The summed E-state index contributed by atoms with van der Waals surface area (Å²) in [6, 6.07) is 11.6. The molecule has 0 aliphatic heterocycles. The molecule has 0 radical (unpaired) electrons. The Morgan fingerprint density at radius 2 is 2.05 bits per heavy atom. The molecule has 0 unspecified atom stereocenters. The van der Waals surface area contributed by atoms with Gasteiger partial charge in [0, 0.05) is 18.0 Å². The van der Waals surface area contributed by atoms with Crippen LogP contribution in [0.3, 0.4) is 0 Å². The molecule has 0 atom stereocenters. The molecule has 1 heterocycles. The van der Waals surface area contributed by atoms with Crippen LogP contribution in [0.2, 0.25) is 0 Å². The summed E-state index contributed by atoms with van der Waals surface area (Å²) in [7, 11) is 0. The first-order valence-corrected chi connectivity index (χ1v) is 8.17. The molecular formula is C17H21NO3S. The third-order valence-electron chi connectivity index (χ3n) is 3.25. The molecule has 5 heteroatoms. The zero-order valence-corrected chi connectivity index (χ0v) is 13.5. The number of hydrogen-bond acceptors (Lipinski definition) is 4. The van der Waals surface area contributed by atoms with Gasteiger partial charge < -0.3 is 14.7 Å². The smallest absolute Gasteiger partial charge is 0.260 e. The second-order valence-electron chi connectivity index (χ2n) is 5.07. The summed E-state index contributed by atoms with van der Waals surface area (Å²) in [6.45, 7) is 3.19. The zero-order chi connectivity index (χ0) is 15.8. The van der Waals surface area contributed by atoms with E-state index in [1.807, 2.05) is 48.7 Å². The predicted octanol–water partition coefficient (Wildman–Crippen LogP) is 2.85. The van der Waals surface area contributed by atoms with Gasteiger partial charge in [-0.3, -0.25) is 4.79 Å². The van der Waals surface area contributed by atoms with E-state index in [0.29, 0.717) is 25.3 Å². The van der Waals surface area contributed by atoms with Crippen molar-refractivity contribution in [3.05, 3.63) is 52.2 Å². The van der Waals surface area contributed by atoms with Crippen LogP contribution in [0.25, 0.3) is 0 Å². The molecule has 118 valence electrons. The Morgan fingerprint density at radius 1 is 1.27 bits per heavy atom. The van der Waals surface area contributed by atoms with Crippen molar-refractivity contribution in [3.63, 3.8) is 0 Å². The minimum Gasteiger partial charge on any atom is -0.484 e. The Bertz CT molecular complexity index is 566. The lowest BCUT2D eigenvalue weighted by Crippen LogP contribution is -2.35. The molecule has 0 bridgehead atoms. The third kappa shape index (κ3) is 5.16. The molecule has 0 fully saturated rings. The van der Waals surface area contributed by atoms with Crippen molar-refractivity contribution in [1.82, 2.24) is 4.90 Å². The van der Waals surface area contributed by atoms with E-state index in [1.165, 1.54) is 0 Å². The SMILES string of the molecule is Cc1ccc(OCC(=O)N(CCCO)Cc2cccs2)cc1. The van der Waals surface area contributed by atoms with E-state index in [1.54, 1.807) is 16.2 Å². The van der Waals surface area contributed by atoms with Crippen LogP contribution in [0, 0.1) is 6.92 Å². The molecule has 4 nitrogen and oxygen atoms in total. The number of nitrogens with zero attached hydrogens (tertiary/aromatic N) is 1. The van der Waals surface area contributed by atoms with Crippen molar-refractivity contribution in [2.45, 2.75) is 19.9 Å². The first-order valence-electron chi connectivity index (χ1n) is 7.29. The van der Waals surface area contributed by atoms with Crippen molar-refractivity contribution in [1.29, 1.82) is 0 Å². The van der Waals surface area contributed by atoms with E-state index in [4.69, 9.17) is 9.84 Å². The molecule has 2 aromatic rings. The number of ether oxygens (including phenoxy) is 1. The number of benzene rings is 1. The number of aryl methyl sites for hydroxylation is 1. The van der Waals surface area contributed by atoms with Gasteiger partial charge in [0.05, 0.1) is 6.54 Å². The standard InChI is InChI=1S/C17H21NO3S/c1-14-5-7-15(8-6-14)21-13-17(20)18(9-3-10-19)12-16-4-2-11-22-16/h2,4-8,11,19H,3,9-10,12-13H2,1H3. The molecule has 0 aliphatic carbocycles. The third-order valence-corrected chi connectivity index (χ3v) is 4.11. The first kappa shape index (κ1) is 16.5. The van der Waals surface area contributed by atoms with Gasteiger partial charge in [0.1, 0.15) is 5.75 Å². The number of aliphatic hydroxyl groups excluding tert-OH is 1. The number of amides is 1. The van der Waals surface area contributed by atoms with Gasteiger partial charge in [-0.1, -0.05) is 23.8 Å².